The molecule has 2 aromatic carbocycles. The van der Waals surface area contributed by atoms with Crippen LogP contribution in [0, 0.1) is 0 Å². The van der Waals surface area contributed by atoms with Gasteiger partial charge in [-0.2, -0.15) is 0 Å². The van der Waals surface area contributed by atoms with Crippen LogP contribution in [0.4, 0.5) is 0 Å². The Balaban J connectivity index is 1.68. The fraction of sp³-hybridized carbons (Fsp3) is 0.150. The maximum absolute atomic E-state index is 12.6. The van der Waals surface area contributed by atoms with Crippen LogP contribution in [0.5, 0.6) is 0 Å². The number of carbonyl (C=O) groups is 1. The molecule has 0 aliphatic heterocycles. The van der Waals surface area contributed by atoms with Gasteiger partial charge in [0, 0.05) is 23.4 Å². The minimum Gasteiger partial charge on any atom is -0.349 e. The highest BCUT2D eigenvalue weighted by molar-refractivity contribution is 7.89. The molecule has 0 aliphatic rings. The number of benzene rings is 2. The van der Waals surface area contributed by atoms with Crippen LogP contribution < -0.4 is 10.0 Å². The summed E-state index contributed by atoms with van der Waals surface area (Å²) in [7, 11) is -3.69. The molecule has 1 amide bonds. The third-order valence-electron chi connectivity index (χ3n) is 4.06. The smallest absolute Gasteiger partial charge is 0.251 e. The van der Waals surface area contributed by atoms with E-state index in [1.807, 2.05) is 18.2 Å². The summed E-state index contributed by atoms with van der Waals surface area (Å²) in [6.45, 7) is 4.15. The maximum Gasteiger partial charge on any atom is 0.251 e. The molecule has 3 rings (SSSR count). The molecule has 0 bridgehead atoms. The van der Waals surface area contributed by atoms with Crippen molar-refractivity contribution in [3.63, 3.8) is 0 Å². The lowest BCUT2D eigenvalue weighted by Crippen LogP contribution is -2.27. The molecule has 0 spiro atoms. The monoisotopic (exact) mass is 400 g/mol. The second-order valence-electron chi connectivity index (χ2n) is 5.93. The van der Waals surface area contributed by atoms with E-state index in [4.69, 9.17) is 0 Å². The Labute approximate surface area is 162 Å². The molecule has 27 heavy (non-hydrogen) atoms. The predicted molar refractivity (Wildman–Crippen MR) is 110 cm³/mol. The lowest BCUT2D eigenvalue weighted by Gasteiger charge is -2.08. The number of amides is 1. The van der Waals surface area contributed by atoms with Crippen molar-refractivity contribution >= 4 is 37.4 Å². The van der Waals surface area contributed by atoms with Gasteiger partial charge in [-0.3, -0.25) is 4.79 Å². The summed E-state index contributed by atoms with van der Waals surface area (Å²) >= 11 is 1.65. The molecule has 7 heteroatoms. The molecule has 0 saturated heterocycles. The lowest BCUT2D eigenvalue weighted by molar-refractivity contribution is 0.0958. The molecule has 0 aliphatic carbocycles. The van der Waals surface area contributed by atoms with E-state index in [0.29, 0.717) is 18.5 Å². The largest absolute Gasteiger partial charge is 0.349 e. The van der Waals surface area contributed by atoms with Crippen LogP contribution in [0.1, 0.15) is 15.9 Å². The summed E-state index contributed by atoms with van der Waals surface area (Å²) in [5.41, 5.74) is 1.42. The van der Waals surface area contributed by atoms with Gasteiger partial charge in [-0.05, 0) is 47.0 Å². The summed E-state index contributed by atoms with van der Waals surface area (Å²) in [5, 5.41) is 5.85. The van der Waals surface area contributed by atoms with E-state index in [2.05, 4.69) is 28.1 Å². The van der Waals surface area contributed by atoms with Crippen molar-refractivity contribution < 1.29 is 13.2 Å². The summed E-state index contributed by atoms with van der Waals surface area (Å²) in [4.78, 5) is 12.1. The number of fused-ring (bicyclic) bond motifs is 1. The summed E-state index contributed by atoms with van der Waals surface area (Å²) < 4.78 is 28.9. The van der Waals surface area contributed by atoms with Crippen molar-refractivity contribution in [3.8, 4) is 0 Å². The minimum atomic E-state index is -3.69. The van der Waals surface area contributed by atoms with Crippen LogP contribution in [0.15, 0.2) is 71.5 Å². The fourth-order valence-corrected chi connectivity index (χ4v) is 4.78. The zero-order chi connectivity index (χ0) is 19.3. The molecular weight excluding hydrogens is 380 g/mol. The van der Waals surface area contributed by atoms with Gasteiger partial charge in [0.1, 0.15) is 0 Å². The zero-order valence-corrected chi connectivity index (χ0v) is 16.3. The molecule has 5 nitrogen and oxygen atoms in total. The summed E-state index contributed by atoms with van der Waals surface area (Å²) in [6.07, 6.45) is 2.16. The van der Waals surface area contributed by atoms with Gasteiger partial charge in [0.05, 0.1) is 4.90 Å². The van der Waals surface area contributed by atoms with E-state index >= 15 is 0 Å². The van der Waals surface area contributed by atoms with Crippen molar-refractivity contribution in [2.75, 3.05) is 13.1 Å². The molecule has 3 aromatic rings. The number of hydrogen-bond acceptors (Lipinski definition) is 4. The van der Waals surface area contributed by atoms with Crippen molar-refractivity contribution in [1.82, 2.24) is 10.0 Å². The highest BCUT2D eigenvalue weighted by Crippen LogP contribution is 2.25. The van der Waals surface area contributed by atoms with Gasteiger partial charge in [-0.15, -0.1) is 17.9 Å². The van der Waals surface area contributed by atoms with E-state index in [1.165, 1.54) is 16.8 Å². The topological polar surface area (TPSA) is 75.3 Å². The maximum atomic E-state index is 12.6. The van der Waals surface area contributed by atoms with Gasteiger partial charge < -0.3 is 5.32 Å². The number of sulfonamides is 1. The quantitative estimate of drug-likeness (QED) is 0.570. The summed E-state index contributed by atoms with van der Waals surface area (Å²) in [5.74, 6) is -0.336. The Kier molecular flexibility index (Phi) is 6.05. The zero-order valence-electron chi connectivity index (χ0n) is 14.6. The van der Waals surface area contributed by atoms with Crippen molar-refractivity contribution in [2.45, 2.75) is 11.3 Å². The van der Waals surface area contributed by atoms with Gasteiger partial charge in [-0.1, -0.05) is 30.3 Å². The average Bonchev–Trinajstić information content (AvgIpc) is 3.09. The molecule has 1 heterocycles. The standard InChI is InChI=1S/C20H20N2O3S2/c1-2-11-21-20(23)15-6-5-7-17(13-15)27(24,25)22-12-10-16-14-26-19-9-4-3-8-18(16)19/h2-9,13-14,22H,1,10-12H2,(H,21,23). The van der Waals surface area contributed by atoms with Gasteiger partial charge in [-0.25, -0.2) is 13.1 Å². The van der Waals surface area contributed by atoms with E-state index < -0.39 is 10.0 Å². The lowest BCUT2D eigenvalue weighted by atomic mass is 10.1. The Hall–Kier alpha value is -2.48. The molecular formula is C20H20N2O3S2. The van der Waals surface area contributed by atoms with Crippen LogP contribution in [0.2, 0.25) is 0 Å². The van der Waals surface area contributed by atoms with E-state index in [1.54, 1.807) is 29.5 Å². The number of thiophene rings is 1. The van der Waals surface area contributed by atoms with Crippen molar-refractivity contribution in [1.29, 1.82) is 0 Å². The first-order valence-electron chi connectivity index (χ1n) is 8.45. The van der Waals surface area contributed by atoms with Gasteiger partial charge in [0.15, 0.2) is 0 Å². The first-order chi connectivity index (χ1) is 13.0. The van der Waals surface area contributed by atoms with Crippen LogP contribution in [0.3, 0.4) is 0 Å². The number of carbonyl (C=O) groups excluding carboxylic acids is 1. The predicted octanol–water partition coefficient (Wildman–Crippen LogP) is 3.34. The van der Waals surface area contributed by atoms with Crippen molar-refractivity contribution in [3.05, 3.63) is 77.7 Å². The van der Waals surface area contributed by atoms with Gasteiger partial charge in [0.2, 0.25) is 10.0 Å². The molecule has 0 unspecified atom stereocenters. The first-order valence-corrected chi connectivity index (χ1v) is 10.8. The van der Waals surface area contributed by atoms with Gasteiger partial charge in [0.25, 0.3) is 5.91 Å². The Morgan fingerprint density at radius 2 is 1.96 bits per heavy atom. The van der Waals surface area contributed by atoms with Crippen molar-refractivity contribution in [2.24, 2.45) is 0 Å². The van der Waals surface area contributed by atoms with Crippen LogP contribution in [0.25, 0.3) is 10.1 Å². The number of hydrogen-bond donors (Lipinski definition) is 2. The Bertz CT molecular complexity index is 1070. The molecule has 2 N–H and O–H groups in total. The van der Waals surface area contributed by atoms with E-state index in [9.17, 15) is 13.2 Å². The molecule has 1 aromatic heterocycles. The SMILES string of the molecule is C=CCNC(=O)c1cccc(S(=O)(=O)NCCc2csc3ccccc23)c1. The fourth-order valence-electron chi connectivity index (χ4n) is 2.70. The van der Waals surface area contributed by atoms with E-state index in [-0.39, 0.29) is 17.3 Å². The normalized spacial score (nSPS) is 11.4. The van der Waals surface area contributed by atoms with Gasteiger partial charge >= 0.3 is 0 Å². The second-order valence-corrected chi connectivity index (χ2v) is 8.61. The minimum absolute atomic E-state index is 0.0731. The Morgan fingerprint density at radius 1 is 1.15 bits per heavy atom. The van der Waals surface area contributed by atoms with E-state index in [0.717, 1.165) is 10.9 Å². The molecule has 0 saturated carbocycles. The number of rotatable bonds is 8. The summed E-state index contributed by atoms with van der Waals surface area (Å²) in [6, 6.07) is 14.1. The molecule has 0 atom stereocenters. The number of nitrogens with one attached hydrogen (secondary N) is 2. The first kappa shape index (κ1) is 19.3. The third-order valence-corrected chi connectivity index (χ3v) is 6.53. The highest BCUT2D eigenvalue weighted by atomic mass is 32.2. The molecule has 0 fully saturated rings. The highest BCUT2D eigenvalue weighted by Gasteiger charge is 2.16. The van der Waals surface area contributed by atoms with Crippen LogP contribution in [-0.2, 0) is 16.4 Å². The average molecular weight is 401 g/mol. The Morgan fingerprint density at radius 3 is 2.78 bits per heavy atom. The van der Waals surface area contributed by atoms with Crippen LogP contribution >= 0.6 is 11.3 Å². The molecule has 0 radical (unpaired) electrons. The van der Waals surface area contributed by atoms with Crippen LogP contribution in [-0.4, -0.2) is 27.4 Å². The second kappa shape index (κ2) is 8.47. The molecule has 140 valence electrons. The third kappa shape index (κ3) is 4.63.